The highest BCUT2D eigenvalue weighted by Gasteiger charge is 2.40. The Balaban J connectivity index is 1.33. The SMILES string of the molecule is CC1(C)c2ccccc2-c2ccc3c(c21)c1ccccc1n3-c1c(-c2ccccc2C(F)(F)F)cc(-c2nc(-c3ccccc3)nc(-c3ccccc3)n2)cc1-c1ccccc1C(F)(F)F. The Kier molecular flexibility index (Phi) is 9.37. The van der Waals surface area contributed by atoms with Crippen LogP contribution in [0.5, 0.6) is 0 Å². The third-order valence-electron chi connectivity index (χ3n) is 12.7. The Bertz CT molecular complexity index is 3400. The predicted molar refractivity (Wildman–Crippen MR) is 249 cm³/mol. The van der Waals surface area contributed by atoms with E-state index >= 15 is 26.3 Å². The maximum absolute atomic E-state index is 15.4. The quantitative estimate of drug-likeness (QED) is 0.156. The van der Waals surface area contributed by atoms with Crippen LogP contribution in [0.2, 0.25) is 0 Å². The molecule has 0 saturated heterocycles. The summed E-state index contributed by atoms with van der Waals surface area (Å²) in [4.78, 5) is 14.6. The van der Waals surface area contributed by atoms with Crippen LogP contribution in [0.4, 0.5) is 26.3 Å². The van der Waals surface area contributed by atoms with E-state index in [9.17, 15) is 0 Å². The summed E-state index contributed by atoms with van der Waals surface area (Å²) in [6.07, 6.45) is -9.70. The lowest BCUT2D eigenvalue weighted by molar-refractivity contribution is -0.137. The van der Waals surface area contributed by atoms with Crippen LogP contribution in [0.1, 0.15) is 36.1 Å². The van der Waals surface area contributed by atoms with Crippen molar-refractivity contribution < 1.29 is 26.3 Å². The van der Waals surface area contributed by atoms with E-state index in [0.29, 0.717) is 22.2 Å². The zero-order valence-corrected chi connectivity index (χ0v) is 35.4. The van der Waals surface area contributed by atoms with Crippen molar-refractivity contribution in [1.29, 1.82) is 0 Å². The molecule has 0 unspecified atom stereocenters. The van der Waals surface area contributed by atoms with Crippen LogP contribution >= 0.6 is 0 Å². The number of para-hydroxylation sites is 1. The summed E-state index contributed by atoms with van der Waals surface area (Å²) >= 11 is 0. The molecular formula is C56H36F6N4. The second kappa shape index (κ2) is 15.1. The topological polar surface area (TPSA) is 43.6 Å². The van der Waals surface area contributed by atoms with Crippen molar-refractivity contribution in [2.24, 2.45) is 0 Å². The third-order valence-corrected chi connectivity index (χ3v) is 12.7. The first-order valence-corrected chi connectivity index (χ1v) is 21.3. The predicted octanol–water partition coefficient (Wildman–Crippen LogP) is 15.6. The Labute approximate surface area is 375 Å². The lowest BCUT2D eigenvalue weighted by atomic mass is 9.80. The normalized spacial score (nSPS) is 13.3. The molecule has 1 aliphatic rings. The second-order valence-corrected chi connectivity index (χ2v) is 17.0. The highest BCUT2D eigenvalue weighted by atomic mass is 19.4. The van der Waals surface area contributed by atoms with Crippen LogP contribution in [0.15, 0.2) is 182 Å². The molecule has 10 heteroatoms. The van der Waals surface area contributed by atoms with Crippen molar-refractivity contribution in [3.05, 3.63) is 204 Å². The summed E-state index contributed by atoms with van der Waals surface area (Å²) in [5.41, 5.74) is 4.25. The van der Waals surface area contributed by atoms with Crippen LogP contribution in [-0.4, -0.2) is 19.5 Å². The van der Waals surface area contributed by atoms with Crippen molar-refractivity contribution in [2.45, 2.75) is 31.6 Å². The minimum absolute atomic E-state index is 0.0287. The molecule has 11 rings (SSSR count). The number of alkyl halides is 6. The third kappa shape index (κ3) is 6.58. The molecule has 0 aliphatic heterocycles. The fourth-order valence-corrected chi connectivity index (χ4v) is 9.86. The molecular weight excluding hydrogens is 843 g/mol. The van der Waals surface area contributed by atoms with Crippen LogP contribution in [-0.2, 0) is 17.8 Å². The van der Waals surface area contributed by atoms with E-state index in [4.69, 9.17) is 15.0 Å². The van der Waals surface area contributed by atoms with Gasteiger partial charge in [-0.15, -0.1) is 0 Å². The van der Waals surface area contributed by atoms with Crippen molar-refractivity contribution in [2.75, 3.05) is 0 Å². The summed E-state index contributed by atoms with van der Waals surface area (Å²) < 4.78 is 94.5. The molecule has 0 amide bonds. The number of hydrogen-bond acceptors (Lipinski definition) is 3. The summed E-state index contributed by atoms with van der Waals surface area (Å²) in [7, 11) is 0. The molecule has 0 bridgehead atoms. The lowest BCUT2D eigenvalue weighted by Gasteiger charge is -2.25. The molecule has 2 heterocycles. The van der Waals surface area contributed by atoms with E-state index in [1.165, 1.54) is 36.4 Å². The van der Waals surface area contributed by atoms with E-state index in [1.807, 2.05) is 114 Å². The number of halogens is 6. The molecule has 0 saturated carbocycles. The van der Waals surface area contributed by atoms with Crippen molar-refractivity contribution in [3.63, 3.8) is 0 Å². The zero-order chi connectivity index (χ0) is 45.5. The minimum Gasteiger partial charge on any atom is -0.308 e. The molecule has 0 atom stereocenters. The average molecular weight is 879 g/mol. The van der Waals surface area contributed by atoms with Crippen LogP contribution in [0, 0.1) is 0 Å². The molecule has 10 aromatic rings. The number of aromatic nitrogens is 4. The molecule has 322 valence electrons. The monoisotopic (exact) mass is 878 g/mol. The van der Waals surface area contributed by atoms with E-state index in [0.717, 1.165) is 45.2 Å². The number of rotatable bonds is 6. The van der Waals surface area contributed by atoms with Crippen molar-refractivity contribution in [3.8, 4) is 73.2 Å². The first-order chi connectivity index (χ1) is 31.8. The highest BCUT2D eigenvalue weighted by molar-refractivity contribution is 6.15. The highest BCUT2D eigenvalue weighted by Crippen LogP contribution is 2.55. The van der Waals surface area contributed by atoms with Crippen LogP contribution in [0.25, 0.3) is 95.0 Å². The Morgan fingerprint density at radius 3 is 1.41 bits per heavy atom. The number of hydrogen-bond donors (Lipinski definition) is 0. The molecule has 0 radical (unpaired) electrons. The summed E-state index contributed by atoms with van der Waals surface area (Å²) in [6.45, 7) is 4.30. The van der Waals surface area contributed by atoms with Gasteiger partial charge in [-0.2, -0.15) is 26.3 Å². The standard InChI is InChI=1S/C56H36F6N4/c1-54(2)43-25-13-9-21-36(43)39-29-30-47-48(49(39)54)40-24-12-16-28-46(40)66(47)50-41(37-22-10-14-26-44(37)55(57,58)59)31-35(32-42(50)38-23-11-15-27-45(38)56(60,61)62)53-64-51(33-17-5-3-6-18-33)63-52(65-53)34-19-7-4-8-20-34/h3-32H,1-2H3. The first-order valence-electron chi connectivity index (χ1n) is 21.3. The van der Waals surface area contributed by atoms with Gasteiger partial charge in [-0.05, 0) is 69.8 Å². The van der Waals surface area contributed by atoms with Crippen molar-refractivity contribution >= 4 is 21.8 Å². The van der Waals surface area contributed by atoms with E-state index in [1.54, 1.807) is 12.1 Å². The van der Waals surface area contributed by atoms with Gasteiger partial charge in [0.15, 0.2) is 17.5 Å². The fraction of sp³-hybridized carbons (Fsp3) is 0.0893. The van der Waals surface area contributed by atoms with Gasteiger partial charge in [-0.3, -0.25) is 0 Å². The van der Waals surface area contributed by atoms with Gasteiger partial charge >= 0.3 is 12.4 Å². The molecule has 0 N–H and O–H groups in total. The maximum Gasteiger partial charge on any atom is 0.417 e. The van der Waals surface area contributed by atoms with E-state index in [-0.39, 0.29) is 51.0 Å². The van der Waals surface area contributed by atoms with E-state index < -0.39 is 28.9 Å². The molecule has 0 spiro atoms. The smallest absolute Gasteiger partial charge is 0.308 e. The van der Waals surface area contributed by atoms with Gasteiger partial charge in [0.25, 0.3) is 0 Å². The minimum atomic E-state index is -4.85. The first kappa shape index (κ1) is 40.9. The number of benzene rings is 8. The number of fused-ring (bicyclic) bond motifs is 7. The van der Waals surface area contributed by atoms with Gasteiger partial charge in [-0.25, -0.2) is 15.0 Å². The maximum atomic E-state index is 15.4. The molecule has 8 aromatic carbocycles. The summed E-state index contributed by atoms with van der Waals surface area (Å²) in [5.74, 6) is 0.612. The lowest BCUT2D eigenvalue weighted by Crippen LogP contribution is -2.15. The van der Waals surface area contributed by atoms with Gasteiger partial charge in [0.2, 0.25) is 0 Å². The Morgan fingerprint density at radius 1 is 0.409 bits per heavy atom. The Morgan fingerprint density at radius 2 is 0.864 bits per heavy atom. The fourth-order valence-electron chi connectivity index (χ4n) is 9.86. The molecule has 4 nitrogen and oxygen atoms in total. The molecule has 2 aromatic heterocycles. The van der Waals surface area contributed by atoms with Gasteiger partial charge in [-0.1, -0.05) is 159 Å². The van der Waals surface area contributed by atoms with Crippen LogP contribution in [0.3, 0.4) is 0 Å². The Hall–Kier alpha value is -7.85. The largest absolute Gasteiger partial charge is 0.417 e. The molecule has 0 fully saturated rings. The average Bonchev–Trinajstić information content (AvgIpc) is 3.78. The second-order valence-electron chi connectivity index (χ2n) is 17.0. The molecule has 1 aliphatic carbocycles. The van der Waals surface area contributed by atoms with Crippen LogP contribution < -0.4 is 0 Å². The van der Waals surface area contributed by atoms with Gasteiger partial charge in [0, 0.05) is 44.0 Å². The van der Waals surface area contributed by atoms with Gasteiger partial charge in [0.1, 0.15) is 0 Å². The van der Waals surface area contributed by atoms with Gasteiger partial charge < -0.3 is 4.57 Å². The summed E-state index contributed by atoms with van der Waals surface area (Å²) in [6, 6.07) is 51.5. The zero-order valence-electron chi connectivity index (χ0n) is 35.4. The number of nitrogens with zero attached hydrogens (tertiary/aromatic N) is 4. The van der Waals surface area contributed by atoms with Crippen molar-refractivity contribution in [1.82, 2.24) is 19.5 Å². The van der Waals surface area contributed by atoms with E-state index in [2.05, 4.69) is 26.0 Å². The summed E-state index contributed by atoms with van der Waals surface area (Å²) in [5, 5.41) is 1.66. The van der Waals surface area contributed by atoms with Gasteiger partial charge in [0.05, 0.1) is 27.8 Å². The molecule has 66 heavy (non-hydrogen) atoms.